The first-order chi connectivity index (χ1) is 10.7. The Balaban J connectivity index is 2.63. The van der Waals surface area contributed by atoms with Crippen LogP contribution in [0.2, 0.25) is 0 Å². The molecule has 7 nitrogen and oxygen atoms in total. The highest BCUT2D eigenvalue weighted by molar-refractivity contribution is 9.12. The van der Waals surface area contributed by atoms with Gasteiger partial charge in [0.15, 0.2) is 0 Å². The predicted octanol–water partition coefficient (Wildman–Crippen LogP) is 2.21. The number of carboxylic acids is 1. The number of halogens is 2. The standard InChI is InChI=1S/C14H16Br2N2O5/c1-3-23-12(22)8-6-17-13-14(16,9(15)11(20)21)5-4-7(2)18(13)10(8)19/h6-7,9H,3-5H2,1-2H3,(H,20,21)/t7-,9?,14+/m0/s1. The molecule has 0 aromatic carbocycles. The van der Waals surface area contributed by atoms with Gasteiger partial charge in [0.1, 0.15) is 20.5 Å². The molecule has 1 aromatic heterocycles. The van der Waals surface area contributed by atoms with E-state index in [1.54, 1.807) is 6.92 Å². The highest BCUT2D eigenvalue weighted by atomic mass is 79.9. The van der Waals surface area contributed by atoms with E-state index in [0.29, 0.717) is 18.7 Å². The number of fused-ring (bicyclic) bond motifs is 1. The Hall–Kier alpha value is -1.22. The van der Waals surface area contributed by atoms with Gasteiger partial charge in [-0.2, -0.15) is 0 Å². The average Bonchev–Trinajstić information content (AvgIpc) is 2.50. The summed E-state index contributed by atoms with van der Waals surface area (Å²) in [5, 5.41) is 9.31. The van der Waals surface area contributed by atoms with Crippen molar-refractivity contribution in [1.82, 2.24) is 9.55 Å². The number of ether oxygens (including phenoxy) is 1. The highest BCUT2D eigenvalue weighted by Crippen LogP contribution is 2.46. The summed E-state index contributed by atoms with van der Waals surface area (Å²) < 4.78 is 5.21. The molecule has 1 aliphatic heterocycles. The van der Waals surface area contributed by atoms with Crippen molar-refractivity contribution in [2.75, 3.05) is 6.61 Å². The molecule has 0 aliphatic carbocycles. The lowest BCUT2D eigenvalue weighted by Gasteiger charge is -2.38. The molecule has 1 N–H and O–H groups in total. The van der Waals surface area contributed by atoms with Gasteiger partial charge in [-0.05, 0) is 26.7 Å². The number of rotatable bonds is 4. The normalized spacial score (nSPS) is 24.6. The third kappa shape index (κ3) is 3.08. The fraction of sp³-hybridized carbons (Fsp3) is 0.571. The zero-order chi connectivity index (χ0) is 17.4. The second-order valence-electron chi connectivity index (χ2n) is 5.34. The molecule has 3 atom stereocenters. The number of carboxylic acid groups (broad SMARTS) is 1. The summed E-state index contributed by atoms with van der Waals surface area (Å²) >= 11 is 6.60. The van der Waals surface area contributed by atoms with Crippen molar-refractivity contribution in [3.8, 4) is 0 Å². The van der Waals surface area contributed by atoms with Gasteiger partial charge in [0.25, 0.3) is 5.56 Å². The summed E-state index contributed by atoms with van der Waals surface area (Å²) in [6, 6.07) is -0.196. The Labute approximate surface area is 149 Å². The number of carbonyl (C=O) groups excluding carboxylic acids is 1. The first kappa shape index (κ1) is 18.1. The van der Waals surface area contributed by atoms with E-state index in [0.717, 1.165) is 6.20 Å². The van der Waals surface area contributed by atoms with Crippen molar-refractivity contribution in [2.24, 2.45) is 0 Å². The minimum Gasteiger partial charge on any atom is -0.480 e. The van der Waals surface area contributed by atoms with E-state index in [9.17, 15) is 19.5 Å². The molecule has 0 radical (unpaired) electrons. The van der Waals surface area contributed by atoms with E-state index in [-0.39, 0.29) is 18.2 Å². The summed E-state index contributed by atoms with van der Waals surface area (Å²) in [4.78, 5) is 39.2. The van der Waals surface area contributed by atoms with Crippen LogP contribution >= 0.6 is 31.9 Å². The molecule has 2 heterocycles. The van der Waals surface area contributed by atoms with Crippen LogP contribution in [-0.4, -0.2) is 38.0 Å². The summed E-state index contributed by atoms with van der Waals surface area (Å²) in [5.74, 6) is -1.50. The van der Waals surface area contributed by atoms with Gasteiger partial charge in [-0.1, -0.05) is 31.9 Å². The Morgan fingerprint density at radius 2 is 2.26 bits per heavy atom. The summed E-state index contributed by atoms with van der Waals surface area (Å²) in [5.41, 5.74) is -0.671. The van der Waals surface area contributed by atoms with Gasteiger partial charge in [-0.25, -0.2) is 9.78 Å². The van der Waals surface area contributed by atoms with Gasteiger partial charge in [0.2, 0.25) is 0 Å². The van der Waals surface area contributed by atoms with Crippen LogP contribution in [0.1, 0.15) is 48.9 Å². The molecule has 0 saturated heterocycles. The molecule has 0 spiro atoms. The molecule has 23 heavy (non-hydrogen) atoms. The quantitative estimate of drug-likeness (QED) is 0.556. The fourth-order valence-corrected chi connectivity index (χ4v) is 3.78. The molecule has 1 unspecified atom stereocenters. The third-order valence-electron chi connectivity index (χ3n) is 3.85. The van der Waals surface area contributed by atoms with E-state index in [2.05, 4.69) is 36.8 Å². The Morgan fingerprint density at radius 3 is 2.83 bits per heavy atom. The van der Waals surface area contributed by atoms with Gasteiger partial charge < -0.3 is 9.84 Å². The number of aliphatic carboxylic acids is 1. The molecule has 0 bridgehead atoms. The van der Waals surface area contributed by atoms with Gasteiger partial charge in [0, 0.05) is 12.2 Å². The Bertz CT molecular complexity index is 705. The van der Waals surface area contributed by atoms with Crippen molar-refractivity contribution >= 4 is 43.8 Å². The van der Waals surface area contributed by atoms with E-state index in [4.69, 9.17) is 4.74 Å². The molecular weight excluding hydrogens is 436 g/mol. The summed E-state index contributed by atoms with van der Waals surface area (Å²) in [7, 11) is 0. The van der Waals surface area contributed by atoms with Crippen LogP contribution in [0.15, 0.2) is 11.0 Å². The lowest BCUT2D eigenvalue weighted by atomic mass is 9.91. The van der Waals surface area contributed by atoms with E-state index >= 15 is 0 Å². The number of hydrogen-bond donors (Lipinski definition) is 1. The zero-order valence-corrected chi connectivity index (χ0v) is 15.8. The van der Waals surface area contributed by atoms with Gasteiger partial charge in [0.05, 0.1) is 6.61 Å². The first-order valence-corrected chi connectivity index (χ1v) is 8.79. The molecule has 126 valence electrons. The number of alkyl halides is 2. The van der Waals surface area contributed by atoms with Crippen LogP contribution < -0.4 is 5.56 Å². The Morgan fingerprint density at radius 1 is 1.61 bits per heavy atom. The van der Waals surface area contributed by atoms with Gasteiger partial charge in [-0.3, -0.25) is 14.2 Å². The van der Waals surface area contributed by atoms with Crippen LogP contribution in [-0.2, 0) is 13.9 Å². The van der Waals surface area contributed by atoms with Crippen LogP contribution in [0.5, 0.6) is 0 Å². The minimum atomic E-state index is -1.06. The number of esters is 1. The zero-order valence-electron chi connectivity index (χ0n) is 12.6. The predicted molar refractivity (Wildman–Crippen MR) is 89.4 cm³/mol. The van der Waals surface area contributed by atoms with E-state index in [1.165, 1.54) is 4.57 Å². The maximum atomic E-state index is 12.7. The van der Waals surface area contributed by atoms with E-state index < -0.39 is 26.6 Å². The molecule has 9 heteroatoms. The topological polar surface area (TPSA) is 98.5 Å². The molecule has 2 rings (SSSR count). The first-order valence-electron chi connectivity index (χ1n) is 7.09. The highest BCUT2D eigenvalue weighted by Gasteiger charge is 2.47. The van der Waals surface area contributed by atoms with Crippen molar-refractivity contribution in [2.45, 2.75) is 41.9 Å². The molecule has 1 aromatic rings. The lowest BCUT2D eigenvalue weighted by Crippen LogP contribution is -2.46. The van der Waals surface area contributed by atoms with Gasteiger partial charge >= 0.3 is 11.9 Å². The minimum absolute atomic E-state index is 0.152. The van der Waals surface area contributed by atoms with Crippen LogP contribution in [0.25, 0.3) is 0 Å². The van der Waals surface area contributed by atoms with Crippen molar-refractivity contribution in [3.05, 3.63) is 27.9 Å². The SMILES string of the molecule is CCOC(=O)c1cnc2n(c1=O)[C@@H](C)CC[C@@]2(Br)C(Br)C(=O)O. The third-order valence-corrected chi connectivity index (χ3v) is 6.84. The van der Waals surface area contributed by atoms with Crippen LogP contribution in [0.3, 0.4) is 0 Å². The second kappa shape index (κ2) is 6.72. The number of nitrogens with zero attached hydrogens (tertiary/aromatic N) is 2. The molecule has 0 amide bonds. The fourth-order valence-electron chi connectivity index (χ4n) is 2.63. The number of hydrogen-bond acceptors (Lipinski definition) is 5. The van der Waals surface area contributed by atoms with Crippen molar-refractivity contribution in [3.63, 3.8) is 0 Å². The van der Waals surface area contributed by atoms with E-state index in [1.807, 2.05) is 6.92 Å². The van der Waals surface area contributed by atoms with Crippen LogP contribution in [0, 0.1) is 0 Å². The maximum Gasteiger partial charge on any atom is 0.345 e. The molecular formula is C14H16Br2N2O5. The van der Waals surface area contributed by atoms with Gasteiger partial charge in [-0.15, -0.1) is 0 Å². The average molecular weight is 452 g/mol. The lowest BCUT2D eigenvalue weighted by molar-refractivity contribution is -0.137. The van der Waals surface area contributed by atoms with Crippen molar-refractivity contribution < 1.29 is 19.4 Å². The molecule has 0 saturated carbocycles. The van der Waals surface area contributed by atoms with Crippen LogP contribution in [0.4, 0.5) is 0 Å². The molecule has 1 aliphatic rings. The number of aromatic nitrogens is 2. The second-order valence-corrected chi connectivity index (χ2v) is 7.67. The summed E-state index contributed by atoms with van der Waals surface area (Å²) in [6.07, 6.45) is 2.21. The largest absolute Gasteiger partial charge is 0.480 e. The molecule has 0 fully saturated rings. The monoisotopic (exact) mass is 450 g/mol. The van der Waals surface area contributed by atoms with Crippen molar-refractivity contribution in [1.29, 1.82) is 0 Å². The maximum absolute atomic E-state index is 12.7. The Kier molecular flexibility index (Phi) is 5.30. The summed E-state index contributed by atoms with van der Waals surface area (Å²) in [6.45, 7) is 3.63. The number of carbonyl (C=O) groups is 2. The smallest absolute Gasteiger partial charge is 0.345 e.